The fraction of sp³-hybridized carbons (Fsp3) is 0.167. The Labute approximate surface area is 159 Å². The predicted molar refractivity (Wildman–Crippen MR) is 102 cm³/mol. The molecule has 0 unspecified atom stereocenters. The van der Waals surface area contributed by atoms with Crippen molar-refractivity contribution >= 4 is 23.5 Å². The number of nitrogen functional groups attached to an aromatic ring is 1. The van der Waals surface area contributed by atoms with Gasteiger partial charge < -0.3 is 20.2 Å². The molecule has 0 atom stereocenters. The number of rotatable bonds is 7. The summed E-state index contributed by atoms with van der Waals surface area (Å²) < 4.78 is 12.0. The van der Waals surface area contributed by atoms with Crippen molar-refractivity contribution in [2.24, 2.45) is 0 Å². The summed E-state index contributed by atoms with van der Waals surface area (Å²) >= 11 is 1.12. The summed E-state index contributed by atoms with van der Waals surface area (Å²) in [6.07, 6.45) is 1.54. The number of carbonyl (C=O) groups is 1. The number of thioether (sulfide) groups is 1. The first kappa shape index (κ1) is 18.6. The zero-order valence-corrected chi connectivity index (χ0v) is 15.4. The van der Waals surface area contributed by atoms with Gasteiger partial charge in [0.15, 0.2) is 5.16 Å². The average molecular weight is 386 g/mol. The third-order valence-corrected chi connectivity index (χ3v) is 4.55. The number of anilines is 1. The van der Waals surface area contributed by atoms with Crippen molar-refractivity contribution in [2.45, 2.75) is 11.7 Å². The summed E-state index contributed by atoms with van der Waals surface area (Å²) in [4.78, 5) is 27.9. The van der Waals surface area contributed by atoms with Gasteiger partial charge in [-0.25, -0.2) is 0 Å². The van der Waals surface area contributed by atoms with Crippen LogP contribution >= 0.6 is 11.8 Å². The van der Waals surface area contributed by atoms with E-state index < -0.39 is 5.56 Å². The van der Waals surface area contributed by atoms with Crippen LogP contribution in [0.15, 0.2) is 63.1 Å². The summed E-state index contributed by atoms with van der Waals surface area (Å²) in [5.41, 5.74) is 6.24. The Morgan fingerprint density at radius 3 is 2.93 bits per heavy atom. The number of nitrogens with one attached hydrogen (secondary N) is 1. The van der Waals surface area contributed by atoms with Crippen molar-refractivity contribution in [3.8, 4) is 11.4 Å². The Hall–Kier alpha value is -3.20. The maximum Gasteiger partial charge on any atom is 0.275 e. The normalized spacial score (nSPS) is 10.6. The van der Waals surface area contributed by atoms with Crippen LogP contribution in [-0.4, -0.2) is 28.3 Å². The Bertz CT molecular complexity index is 985. The van der Waals surface area contributed by atoms with Gasteiger partial charge in [0.2, 0.25) is 5.91 Å². The van der Waals surface area contributed by atoms with Gasteiger partial charge >= 0.3 is 0 Å². The lowest BCUT2D eigenvalue weighted by Gasteiger charge is -2.15. The molecule has 0 radical (unpaired) electrons. The number of hydrogen-bond acceptors (Lipinski definition) is 7. The Morgan fingerprint density at radius 1 is 1.33 bits per heavy atom. The van der Waals surface area contributed by atoms with Gasteiger partial charge in [0.1, 0.15) is 17.3 Å². The van der Waals surface area contributed by atoms with E-state index in [-0.39, 0.29) is 17.5 Å². The average Bonchev–Trinajstić information content (AvgIpc) is 3.18. The van der Waals surface area contributed by atoms with Crippen molar-refractivity contribution in [1.82, 2.24) is 14.9 Å². The highest BCUT2D eigenvalue weighted by atomic mass is 32.2. The van der Waals surface area contributed by atoms with E-state index in [1.54, 1.807) is 48.3 Å². The molecule has 3 N–H and O–H groups in total. The fourth-order valence-corrected chi connectivity index (χ4v) is 3.22. The molecule has 0 bridgehead atoms. The first-order valence-electron chi connectivity index (χ1n) is 8.02. The molecular weight excluding hydrogens is 368 g/mol. The van der Waals surface area contributed by atoms with Crippen molar-refractivity contribution in [1.29, 1.82) is 0 Å². The van der Waals surface area contributed by atoms with Crippen LogP contribution in [0.4, 0.5) is 5.82 Å². The van der Waals surface area contributed by atoms with Gasteiger partial charge in [-0.1, -0.05) is 17.8 Å². The quantitative estimate of drug-likeness (QED) is 0.470. The lowest BCUT2D eigenvalue weighted by atomic mass is 10.3. The first-order chi connectivity index (χ1) is 13.1. The number of ether oxygens (including phenoxy) is 1. The molecule has 0 spiro atoms. The Balaban J connectivity index is 1.78. The Kier molecular flexibility index (Phi) is 5.82. The molecule has 8 nitrogen and oxygen atoms in total. The summed E-state index contributed by atoms with van der Waals surface area (Å²) in [6.45, 7) is 0.291. The SMILES string of the molecule is COc1cccc(-n2c(N)cc(=O)nc2SCC(=O)NCc2ccco2)c1. The maximum absolute atomic E-state index is 12.1. The molecule has 0 fully saturated rings. The lowest BCUT2D eigenvalue weighted by molar-refractivity contribution is -0.118. The molecule has 2 heterocycles. The number of nitrogens with two attached hydrogens (primary N) is 1. The minimum absolute atomic E-state index is 0.0700. The molecule has 3 rings (SSSR count). The van der Waals surface area contributed by atoms with Crippen LogP contribution in [0.3, 0.4) is 0 Å². The Morgan fingerprint density at radius 2 is 2.19 bits per heavy atom. The minimum Gasteiger partial charge on any atom is -0.497 e. The van der Waals surface area contributed by atoms with Crippen molar-refractivity contribution in [2.75, 3.05) is 18.6 Å². The highest BCUT2D eigenvalue weighted by molar-refractivity contribution is 7.99. The van der Waals surface area contributed by atoms with E-state index in [9.17, 15) is 9.59 Å². The highest BCUT2D eigenvalue weighted by Gasteiger charge is 2.13. The van der Waals surface area contributed by atoms with E-state index in [1.165, 1.54) is 6.07 Å². The zero-order chi connectivity index (χ0) is 19.2. The van der Waals surface area contributed by atoms with E-state index in [2.05, 4.69) is 10.3 Å². The monoisotopic (exact) mass is 386 g/mol. The van der Waals surface area contributed by atoms with E-state index in [0.717, 1.165) is 11.8 Å². The number of nitrogens with zero attached hydrogens (tertiary/aromatic N) is 2. The second-order valence-corrected chi connectivity index (χ2v) is 6.43. The molecule has 2 aromatic heterocycles. The van der Waals surface area contributed by atoms with Crippen LogP contribution < -0.4 is 21.3 Å². The standard InChI is InChI=1S/C18H18N4O4S/c1-25-13-5-2-4-12(8-13)22-15(19)9-16(23)21-18(22)27-11-17(24)20-10-14-6-3-7-26-14/h2-9H,10-11,19H2,1H3,(H,20,24). The van der Waals surface area contributed by atoms with Crippen LogP contribution in [0.5, 0.6) is 5.75 Å². The van der Waals surface area contributed by atoms with Gasteiger partial charge in [0.05, 0.1) is 31.4 Å². The number of benzene rings is 1. The summed E-state index contributed by atoms with van der Waals surface area (Å²) in [5.74, 6) is 1.37. The molecule has 0 aliphatic heterocycles. The molecule has 0 saturated heterocycles. The van der Waals surface area contributed by atoms with Crippen LogP contribution in [0.25, 0.3) is 5.69 Å². The van der Waals surface area contributed by atoms with Gasteiger partial charge in [-0.15, -0.1) is 0 Å². The van der Waals surface area contributed by atoms with Gasteiger partial charge in [-0.3, -0.25) is 14.2 Å². The molecule has 0 saturated carbocycles. The largest absolute Gasteiger partial charge is 0.497 e. The maximum atomic E-state index is 12.1. The van der Waals surface area contributed by atoms with Crippen molar-refractivity contribution < 1.29 is 13.9 Å². The van der Waals surface area contributed by atoms with Crippen LogP contribution in [0.1, 0.15) is 5.76 Å². The number of methoxy groups -OCH3 is 1. The van der Waals surface area contributed by atoms with E-state index in [4.69, 9.17) is 14.9 Å². The molecule has 1 amide bonds. The topological polar surface area (TPSA) is 112 Å². The zero-order valence-electron chi connectivity index (χ0n) is 14.5. The number of amides is 1. The third-order valence-electron chi connectivity index (χ3n) is 3.61. The van der Waals surface area contributed by atoms with Crippen molar-refractivity contribution in [3.63, 3.8) is 0 Å². The molecule has 3 aromatic rings. The molecular formula is C18H18N4O4S. The molecule has 1 aromatic carbocycles. The van der Waals surface area contributed by atoms with E-state index >= 15 is 0 Å². The number of hydrogen-bond donors (Lipinski definition) is 2. The molecule has 0 aliphatic rings. The second-order valence-electron chi connectivity index (χ2n) is 5.48. The van der Waals surface area contributed by atoms with E-state index in [1.807, 2.05) is 6.07 Å². The summed E-state index contributed by atoms with van der Waals surface area (Å²) in [7, 11) is 1.56. The second kappa shape index (κ2) is 8.45. The molecule has 27 heavy (non-hydrogen) atoms. The summed E-state index contributed by atoms with van der Waals surface area (Å²) in [5, 5.41) is 3.06. The van der Waals surface area contributed by atoms with Crippen molar-refractivity contribution in [3.05, 3.63) is 64.8 Å². The number of furan rings is 1. The lowest BCUT2D eigenvalue weighted by Crippen LogP contribution is -2.25. The smallest absolute Gasteiger partial charge is 0.275 e. The van der Waals surface area contributed by atoms with E-state index in [0.29, 0.717) is 28.9 Å². The van der Waals surface area contributed by atoms with Crippen LogP contribution in [0, 0.1) is 0 Å². The third kappa shape index (κ3) is 4.70. The van der Waals surface area contributed by atoms with Crippen LogP contribution in [0.2, 0.25) is 0 Å². The summed E-state index contributed by atoms with van der Waals surface area (Å²) in [6, 6.07) is 11.9. The van der Waals surface area contributed by atoms with Gasteiger partial charge in [-0.05, 0) is 24.3 Å². The predicted octanol–water partition coefficient (Wildman–Crippen LogP) is 1.82. The number of carbonyl (C=O) groups excluding carboxylic acids is 1. The molecule has 140 valence electrons. The van der Waals surface area contributed by atoms with Gasteiger partial charge in [-0.2, -0.15) is 4.98 Å². The highest BCUT2D eigenvalue weighted by Crippen LogP contribution is 2.24. The molecule has 0 aliphatic carbocycles. The first-order valence-corrected chi connectivity index (χ1v) is 9.01. The molecule has 9 heteroatoms. The number of aromatic nitrogens is 2. The van der Waals surface area contributed by atoms with Crippen LogP contribution in [-0.2, 0) is 11.3 Å². The fourth-order valence-electron chi connectivity index (χ4n) is 2.36. The van der Waals surface area contributed by atoms with Gasteiger partial charge in [0, 0.05) is 12.1 Å². The minimum atomic E-state index is -0.467. The van der Waals surface area contributed by atoms with Gasteiger partial charge in [0.25, 0.3) is 5.56 Å².